The second kappa shape index (κ2) is 11.7. The molecule has 0 N–H and O–H groups in total. The number of nitrogens with zero attached hydrogens (tertiary/aromatic N) is 2. The second-order valence-electron chi connectivity index (χ2n) is 16.5. The minimum absolute atomic E-state index is 0.0784. The van der Waals surface area contributed by atoms with E-state index >= 15 is 0 Å². The third-order valence-electron chi connectivity index (χ3n) is 12.9. The maximum absolute atomic E-state index is 6.77. The molecule has 1 aliphatic carbocycles. The van der Waals surface area contributed by atoms with Crippen LogP contribution in [0.15, 0.2) is 179 Å². The predicted octanol–water partition coefficient (Wildman–Crippen LogP) is 15.0. The van der Waals surface area contributed by atoms with E-state index in [2.05, 4.69) is 178 Å². The van der Waals surface area contributed by atoms with Gasteiger partial charge in [0.25, 0.3) is 0 Å². The van der Waals surface area contributed by atoms with Gasteiger partial charge in [-0.1, -0.05) is 153 Å². The van der Waals surface area contributed by atoms with Gasteiger partial charge < -0.3 is 8.83 Å². The van der Waals surface area contributed by atoms with Crippen LogP contribution in [-0.4, -0.2) is 9.97 Å². The lowest BCUT2D eigenvalue weighted by atomic mass is 9.81. The third kappa shape index (κ3) is 4.54. The summed E-state index contributed by atoms with van der Waals surface area (Å²) in [6.45, 7) is 4.65. The zero-order valence-corrected chi connectivity index (χ0v) is 32.4. The molecule has 276 valence electrons. The van der Waals surface area contributed by atoms with E-state index in [1.54, 1.807) is 0 Å². The SMILES string of the molecule is CC1(C)c2ccccc2-c2ccc(-c3cccc4c3oc3cc5oc6c(-c7cccc(-c8cnc9c%10ccccc%10c%10ccccc%10c9n8)c7)cccc6c5cc34)cc21. The molecule has 0 atom stereocenters. The summed E-state index contributed by atoms with van der Waals surface area (Å²) in [7, 11) is 0. The molecule has 9 aromatic carbocycles. The Morgan fingerprint density at radius 1 is 0.390 bits per heavy atom. The molecule has 13 rings (SSSR count). The molecule has 4 nitrogen and oxygen atoms in total. The number of para-hydroxylation sites is 2. The summed E-state index contributed by atoms with van der Waals surface area (Å²) in [5.41, 5.74) is 16.6. The highest BCUT2D eigenvalue weighted by Gasteiger charge is 2.35. The normalized spacial score (nSPS) is 13.4. The van der Waals surface area contributed by atoms with E-state index in [4.69, 9.17) is 18.8 Å². The molecule has 1 aliphatic rings. The highest BCUT2D eigenvalue weighted by atomic mass is 16.3. The van der Waals surface area contributed by atoms with Crippen molar-refractivity contribution in [3.8, 4) is 44.6 Å². The molecule has 0 fully saturated rings. The van der Waals surface area contributed by atoms with Gasteiger partial charge in [0, 0.05) is 60.5 Å². The minimum atomic E-state index is -0.0784. The van der Waals surface area contributed by atoms with Gasteiger partial charge in [-0.2, -0.15) is 0 Å². The Bertz CT molecular complexity index is 3740. The average Bonchev–Trinajstić information content (AvgIpc) is 3.92. The van der Waals surface area contributed by atoms with Gasteiger partial charge in [-0.3, -0.25) is 4.98 Å². The van der Waals surface area contributed by atoms with Crippen molar-refractivity contribution in [2.75, 3.05) is 0 Å². The summed E-state index contributed by atoms with van der Waals surface area (Å²) in [5.74, 6) is 0. The van der Waals surface area contributed by atoms with Crippen molar-refractivity contribution in [1.82, 2.24) is 9.97 Å². The standard InChI is InChI=1S/C55H34N2O2/c1-55(2)46-23-8-7-16-38(46)39-25-24-32(27-47(39)55)35-20-11-22-43-45-28-44-42-21-10-19-34(53(42)58-49(44)29-50(45)59-54(35)43)31-12-9-13-33(26-31)48-30-56-51-40-17-5-3-14-36(40)37-15-4-6-18-41(37)52(51)57-48/h3-30H,1-2H3. The molecule has 0 saturated carbocycles. The van der Waals surface area contributed by atoms with Crippen LogP contribution in [0.25, 0.3) is 121 Å². The van der Waals surface area contributed by atoms with Crippen molar-refractivity contribution >= 4 is 76.5 Å². The Balaban J connectivity index is 0.918. The van der Waals surface area contributed by atoms with E-state index in [-0.39, 0.29) is 5.41 Å². The van der Waals surface area contributed by atoms with Crippen LogP contribution in [0.4, 0.5) is 0 Å². The van der Waals surface area contributed by atoms with Crippen molar-refractivity contribution < 1.29 is 8.83 Å². The lowest BCUT2D eigenvalue weighted by Gasteiger charge is -2.22. The van der Waals surface area contributed by atoms with Gasteiger partial charge in [-0.05, 0) is 62.4 Å². The molecular formula is C55H34N2O2. The molecule has 0 unspecified atom stereocenters. The summed E-state index contributed by atoms with van der Waals surface area (Å²) >= 11 is 0. The van der Waals surface area contributed by atoms with Gasteiger partial charge in [0.1, 0.15) is 22.3 Å². The minimum Gasteiger partial charge on any atom is -0.455 e. The first-order chi connectivity index (χ1) is 29.0. The molecule has 0 spiro atoms. The van der Waals surface area contributed by atoms with Crippen LogP contribution in [0, 0.1) is 0 Å². The number of hydrogen-bond acceptors (Lipinski definition) is 4. The molecule has 0 radical (unpaired) electrons. The highest BCUT2D eigenvalue weighted by Crippen LogP contribution is 2.50. The zero-order chi connectivity index (χ0) is 39.0. The lowest BCUT2D eigenvalue weighted by Crippen LogP contribution is -2.14. The van der Waals surface area contributed by atoms with Gasteiger partial charge in [0.15, 0.2) is 0 Å². The molecule has 0 amide bonds. The fourth-order valence-electron chi connectivity index (χ4n) is 10.0. The van der Waals surface area contributed by atoms with Crippen LogP contribution in [0.5, 0.6) is 0 Å². The quantitative estimate of drug-likeness (QED) is 0.169. The second-order valence-corrected chi connectivity index (χ2v) is 16.5. The maximum Gasteiger partial charge on any atom is 0.143 e. The summed E-state index contributed by atoms with van der Waals surface area (Å²) in [5, 5.41) is 8.90. The lowest BCUT2D eigenvalue weighted by molar-refractivity contribution is 0.656. The fraction of sp³-hybridized carbons (Fsp3) is 0.0545. The van der Waals surface area contributed by atoms with E-state index in [9.17, 15) is 0 Å². The third-order valence-corrected chi connectivity index (χ3v) is 12.9. The summed E-state index contributed by atoms with van der Waals surface area (Å²) in [4.78, 5) is 10.3. The van der Waals surface area contributed by atoms with Crippen LogP contribution in [-0.2, 0) is 5.41 Å². The Kier molecular flexibility index (Phi) is 6.48. The molecule has 3 aromatic heterocycles. The van der Waals surface area contributed by atoms with E-state index in [1.807, 2.05) is 6.20 Å². The molecule has 0 saturated heterocycles. The topological polar surface area (TPSA) is 52.1 Å². The highest BCUT2D eigenvalue weighted by molar-refractivity contribution is 6.23. The monoisotopic (exact) mass is 754 g/mol. The molecule has 4 heteroatoms. The number of hydrogen-bond donors (Lipinski definition) is 0. The van der Waals surface area contributed by atoms with E-state index in [0.29, 0.717) is 0 Å². The van der Waals surface area contributed by atoms with Crippen LogP contribution < -0.4 is 0 Å². The molecular weight excluding hydrogens is 721 g/mol. The first kappa shape index (κ1) is 32.5. The zero-order valence-electron chi connectivity index (χ0n) is 32.4. The van der Waals surface area contributed by atoms with Gasteiger partial charge in [0.05, 0.1) is 22.9 Å². The number of furan rings is 2. The fourth-order valence-corrected chi connectivity index (χ4v) is 10.0. The maximum atomic E-state index is 6.77. The summed E-state index contributed by atoms with van der Waals surface area (Å²) in [6.07, 6.45) is 1.90. The molecule has 12 aromatic rings. The van der Waals surface area contributed by atoms with Crippen LogP contribution in [0.1, 0.15) is 25.0 Å². The first-order valence-corrected chi connectivity index (χ1v) is 20.2. The Labute approximate surface area is 339 Å². The average molecular weight is 755 g/mol. The van der Waals surface area contributed by atoms with E-state index < -0.39 is 0 Å². The molecule has 3 heterocycles. The Morgan fingerprint density at radius 2 is 0.932 bits per heavy atom. The van der Waals surface area contributed by atoms with Gasteiger partial charge >= 0.3 is 0 Å². The Hall–Kier alpha value is -7.56. The number of rotatable bonds is 3. The van der Waals surface area contributed by atoms with Gasteiger partial charge in [0.2, 0.25) is 0 Å². The van der Waals surface area contributed by atoms with Crippen molar-refractivity contribution in [3.63, 3.8) is 0 Å². The van der Waals surface area contributed by atoms with Gasteiger partial charge in [-0.15, -0.1) is 0 Å². The summed E-state index contributed by atoms with van der Waals surface area (Å²) < 4.78 is 13.5. The van der Waals surface area contributed by atoms with Crippen molar-refractivity contribution in [2.24, 2.45) is 0 Å². The number of fused-ring (bicyclic) bond motifs is 15. The van der Waals surface area contributed by atoms with Crippen LogP contribution in [0.2, 0.25) is 0 Å². The van der Waals surface area contributed by atoms with E-state index in [1.165, 1.54) is 33.0 Å². The van der Waals surface area contributed by atoms with Crippen LogP contribution in [0.3, 0.4) is 0 Å². The Morgan fingerprint density at radius 3 is 1.64 bits per heavy atom. The largest absolute Gasteiger partial charge is 0.455 e. The van der Waals surface area contributed by atoms with E-state index in [0.717, 1.165) is 99.2 Å². The van der Waals surface area contributed by atoms with Crippen molar-refractivity contribution in [3.05, 3.63) is 181 Å². The smallest absolute Gasteiger partial charge is 0.143 e. The molecule has 59 heavy (non-hydrogen) atoms. The van der Waals surface area contributed by atoms with Crippen molar-refractivity contribution in [2.45, 2.75) is 19.3 Å². The number of benzene rings is 9. The van der Waals surface area contributed by atoms with Crippen molar-refractivity contribution in [1.29, 1.82) is 0 Å². The van der Waals surface area contributed by atoms with Crippen LogP contribution >= 0.6 is 0 Å². The molecule has 0 bridgehead atoms. The summed E-state index contributed by atoms with van der Waals surface area (Å²) in [6, 6.07) is 58.4. The first-order valence-electron chi connectivity index (χ1n) is 20.2. The predicted molar refractivity (Wildman–Crippen MR) is 243 cm³/mol. The molecule has 0 aliphatic heterocycles. The van der Waals surface area contributed by atoms with Gasteiger partial charge in [-0.25, -0.2) is 4.98 Å². The number of aromatic nitrogens is 2.